The van der Waals surface area contributed by atoms with Crippen molar-refractivity contribution < 1.29 is 18.7 Å². The average Bonchev–Trinajstić information content (AvgIpc) is 3.20. The summed E-state index contributed by atoms with van der Waals surface area (Å²) in [7, 11) is 1.60. The Labute approximate surface area is 158 Å². The molecule has 0 aliphatic carbocycles. The Balaban J connectivity index is 1.46. The molecule has 7 nitrogen and oxygen atoms in total. The Morgan fingerprint density at radius 3 is 2.63 bits per heavy atom. The number of amides is 2. The predicted octanol–water partition coefficient (Wildman–Crippen LogP) is 1.67. The number of benzene rings is 1. The minimum atomic E-state index is -0.0468. The molecule has 0 radical (unpaired) electrons. The molecule has 27 heavy (non-hydrogen) atoms. The van der Waals surface area contributed by atoms with Crippen LogP contribution in [0.1, 0.15) is 21.7 Å². The fraction of sp³-hybridized carbons (Fsp3) is 0.400. The summed E-state index contributed by atoms with van der Waals surface area (Å²) in [5, 5.41) is 2.84. The molecule has 1 aliphatic heterocycles. The van der Waals surface area contributed by atoms with E-state index in [1.165, 1.54) is 0 Å². The minimum absolute atomic E-state index is 0.00443. The molecule has 0 atom stereocenters. The van der Waals surface area contributed by atoms with Crippen LogP contribution in [0.2, 0.25) is 0 Å². The summed E-state index contributed by atoms with van der Waals surface area (Å²) in [6.07, 6.45) is 1.58. The summed E-state index contributed by atoms with van der Waals surface area (Å²) in [6, 6.07) is 9.12. The fourth-order valence-corrected chi connectivity index (χ4v) is 3.10. The second-order valence-electron chi connectivity index (χ2n) is 6.61. The van der Waals surface area contributed by atoms with Crippen molar-refractivity contribution in [3.05, 3.63) is 53.5 Å². The van der Waals surface area contributed by atoms with Gasteiger partial charge < -0.3 is 19.4 Å². The fourth-order valence-electron chi connectivity index (χ4n) is 3.10. The molecule has 2 heterocycles. The van der Waals surface area contributed by atoms with Crippen LogP contribution in [0, 0.1) is 6.92 Å². The van der Waals surface area contributed by atoms with Gasteiger partial charge in [0.15, 0.2) is 0 Å². The lowest BCUT2D eigenvalue weighted by atomic mass is 10.1. The lowest BCUT2D eigenvalue weighted by molar-refractivity contribution is -0.122. The average molecular weight is 371 g/mol. The smallest absolute Gasteiger partial charge is 0.254 e. The third-order valence-electron chi connectivity index (χ3n) is 4.72. The minimum Gasteiger partial charge on any atom is -0.496 e. The molecule has 2 aromatic rings. The van der Waals surface area contributed by atoms with E-state index in [1.807, 2.05) is 30.0 Å². The van der Waals surface area contributed by atoms with E-state index in [0.717, 1.165) is 11.3 Å². The van der Waals surface area contributed by atoms with Crippen LogP contribution < -0.4 is 10.1 Å². The van der Waals surface area contributed by atoms with E-state index in [1.54, 1.807) is 25.5 Å². The van der Waals surface area contributed by atoms with E-state index in [4.69, 9.17) is 9.15 Å². The van der Waals surface area contributed by atoms with Gasteiger partial charge in [-0.25, -0.2) is 0 Å². The molecule has 1 aromatic carbocycles. The van der Waals surface area contributed by atoms with Gasteiger partial charge in [0.05, 0.1) is 26.5 Å². The first kappa shape index (κ1) is 19.0. The van der Waals surface area contributed by atoms with Gasteiger partial charge in [0, 0.05) is 31.7 Å². The first-order valence-corrected chi connectivity index (χ1v) is 9.02. The van der Waals surface area contributed by atoms with Crippen LogP contribution in [0.25, 0.3) is 0 Å². The molecule has 1 aliphatic rings. The van der Waals surface area contributed by atoms with Gasteiger partial charge in [-0.2, -0.15) is 0 Å². The maximum Gasteiger partial charge on any atom is 0.254 e. The van der Waals surface area contributed by atoms with Crippen molar-refractivity contribution in [2.75, 3.05) is 39.8 Å². The van der Waals surface area contributed by atoms with Gasteiger partial charge in [0.2, 0.25) is 5.91 Å². The molecule has 1 fully saturated rings. The molecule has 1 N–H and O–H groups in total. The molecule has 3 rings (SSSR count). The summed E-state index contributed by atoms with van der Waals surface area (Å²) in [5.74, 6) is 1.39. The highest BCUT2D eigenvalue weighted by molar-refractivity contribution is 5.94. The molecule has 0 bridgehead atoms. The number of hydrogen-bond donors (Lipinski definition) is 1. The lowest BCUT2D eigenvalue weighted by Gasteiger charge is -2.34. The number of furan rings is 1. The van der Waals surface area contributed by atoms with Crippen LogP contribution in [0.3, 0.4) is 0 Å². The third-order valence-corrected chi connectivity index (χ3v) is 4.72. The second-order valence-corrected chi connectivity index (χ2v) is 6.61. The standard InChI is InChI=1S/C20H25N3O4/c1-15-5-6-16(12-18(15)26-2)20(25)23-9-7-22(8-10-23)14-19(24)21-13-17-4-3-11-27-17/h3-6,11-12H,7-10,13-14H2,1-2H3,(H,21,24). The van der Waals surface area contributed by atoms with E-state index in [0.29, 0.717) is 50.6 Å². The zero-order valence-corrected chi connectivity index (χ0v) is 15.7. The van der Waals surface area contributed by atoms with Crippen LogP contribution in [0.4, 0.5) is 0 Å². The molecule has 0 unspecified atom stereocenters. The number of methoxy groups -OCH3 is 1. The van der Waals surface area contributed by atoms with Crippen LogP contribution >= 0.6 is 0 Å². The lowest BCUT2D eigenvalue weighted by Crippen LogP contribution is -2.51. The van der Waals surface area contributed by atoms with Gasteiger partial charge in [-0.05, 0) is 36.8 Å². The molecule has 0 saturated carbocycles. The van der Waals surface area contributed by atoms with Gasteiger partial charge in [0.25, 0.3) is 5.91 Å². The molecular weight excluding hydrogens is 346 g/mol. The van der Waals surface area contributed by atoms with Crippen molar-refractivity contribution in [1.82, 2.24) is 15.1 Å². The van der Waals surface area contributed by atoms with E-state index in [9.17, 15) is 9.59 Å². The number of aryl methyl sites for hydroxylation is 1. The Morgan fingerprint density at radius 1 is 1.19 bits per heavy atom. The largest absolute Gasteiger partial charge is 0.496 e. The van der Waals surface area contributed by atoms with Crippen LogP contribution in [-0.4, -0.2) is 61.4 Å². The van der Waals surface area contributed by atoms with E-state index in [2.05, 4.69) is 10.2 Å². The number of piperazine rings is 1. The molecule has 1 aromatic heterocycles. The summed E-state index contributed by atoms with van der Waals surface area (Å²) in [5.41, 5.74) is 1.63. The SMILES string of the molecule is COc1cc(C(=O)N2CCN(CC(=O)NCc3ccco3)CC2)ccc1C. The highest BCUT2D eigenvalue weighted by Gasteiger charge is 2.23. The van der Waals surface area contributed by atoms with Crippen molar-refractivity contribution in [3.63, 3.8) is 0 Å². The molecule has 144 valence electrons. The molecule has 0 spiro atoms. The number of nitrogens with zero attached hydrogens (tertiary/aromatic N) is 2. The Kier molecular flexibility index (Phi) is 6.13. The number of rotatable bonds is 6. The summed E-state index contributed by atoms with van der Waals surface area (Å²) in [4.78, 5) is 28.6. The van der Waals surface area contributed by atoms with Gasteiger partial charge in [-0.3, -0.25) is 14.5 Å². The van der Waals surface area contributed by atoms with Gasteiger partial charge in [-0.1, -0.05) is 6.07 Å². The molecule has 2 amide bonds. The number of hydrogen-bond acceptors (Lipinski definition) is 5. The molecule has 1 saturated heterocycles. The van der Waals surface area contributed by atoms with E-state index in [-0.39, 0.29) is 11.8 Å². The van der Waals surface area contributed by atoms with Crippen LogP contribution in [0.5, 0.6) is 5.75 Å². The number of carbonyl (C=O) groups excluding carboxylic acids is 2. The van der Waals surface area contributed by atoms with Gasteiger partial charge in [-0.15, -0.1) is 0 Å². The maximum atomic E-state index is 12.7. The Morgan fingerprint density at radius 2 is 1.96 bits per heavy atom. The van der Waals surface area contributed by atoms with E-state index >= 15 is 0 Å². The molecular formula is C20H25N3O4. The topological polar surface area (TPSA) is 75.0 Å². The Hall–Kier alpha value is -2.80. The Bertz CT molecular complexity index is 781. The van der Waals surface area contributed by atoms with Crippen molar-refractivity contribution >= 4 is 11.8 Å². The normalized spacial score (nSPS) is 14.8. The monoisotopic (exact) mass is 371 g/mol. The van der Waals surface area contributed by atoms with Crippen LogP contribution in [0.15, 0.2) is 41.0 Å². The van der Waals surface area contributed by atoms with Crippen molar-refractivity contribution in [2.24, 2.45) is 0 Å². The second kappa shape index (κ2) is 8.73. The third kappa shape index (κ3) is 4.89. The summed E-state index contributed by atoms with van der Waals surface area (Å²) in [6.45, 7) is 5.19. The number of carbonyl (C=O) groups is 2. The highest BCUT2D eigenvalue weighted by Crippen LogP contribution is 2.20. The predicted molar refractivity (Wildman–Crippen MR) is 101 cm³/mol. The van der Waals surface area contributed by atoms with Crippen molar-refractivity contribution in [2.45, 2.75) is 13.5 Å². The maximum absolute atomic E-state index is 12.7. The molecule has 7 heteroatoms. The number of nitrogens with one attached hydrogen (secondary N) is 1. The highest BCUT2D eigenvalue weighted by atomic mass is 16.5. The number of ether oxygens (including phenoxy) is 1. The van der Waals surface area contributed by atoms with Gasteiger partial charge >= 0.3 is 0 Å². The van der Waals surface area contributed by atoms with Crippen molar-refractivity contribution in [3.8, 4) is 5.75 Å². The summed E-state index contributed by atoms with van der Waals surface area (Å²) >= 11 is 0. The zero-order chi connectivity index (χ0) is 19.2. The van der Waals surface area contributed by atoms with Crippen molar-refractivity contribution in [1.29, 1.82) is 0 Å². The first-order valence-electron chi connectivity index (χ1n) is 9.02. The van der Waals surface area contributed by atoms with Gasteiger partial charge in [0.1, 0.15) is 11.5 Å². The van der Waals surface area contributed by atoms with E-state index < -0.39 is 0 Å². The quantitative estimate of drug-likeness (QED) is 0.836. The zero-order valence-electron chi connectivity index (χ0n) is 15.7. The first-order chi connectivity index (χ1) is 13.1. The summed E-state index contributed by atoms with van der Waals surface area (Å²) < 4.78 is 10.5. The van der Waals surface area contributed by atoms with Crippen LogP contribution in [-0.2, 0) is 11.3 Å².